The standard InChI is InChI=1S/C12H15Cl2N3S/c1-7(2)15-4-3-11-16-6-9(17-11)8-5-10(13)18-12(8)14/h5-7,15H,3-4H2,1-2H3,(H,16,17). The number of hydrogen-bond acceptors (Lipinski definition) is 3. The Balaban J connectivity index is 2.04. The summed E-state index contributed by atoms with van der Waals surface area (Å²) in [4.78, 5) is 7.62. The fourth-order valence-electron chi connectivity index (χ4n) is 1.63. The largest absolute Gasteiger partial charge is 0.342 e. The van der Waals surface area contributed by atoms with E-state index < -0.39 is 0 Å². The molecule has 2 heterocycles. The van der Waals surface area contributed by atoms with Crippen LogP contribution in [0.4, 0.5) is 0 Å². The van der Waals surface area contributed by atoms with Crippen LogP contribution in [0.15, 0.2) is 12.3 Å². The first-order valence-electron chi connectivity index (χ1n) is 5.78. The van der Waals surface area contributed by atoms with Crippen molar-refractivity contribution < 1.29 is 0 Å². The molecule has 18 heavy (non-hydrogen) atoms. The topological polar surface area (TPSA) is 40.7 Å². The van der Waals surface area contributed by atoms with E-state index in [4.69, 9.17) is 23.2 Å². The van der Waals surface area contributed by atoms with Gasteiger partial charge in [-0.15, -0.1) is 11.3 Å². The molecule has 0 amide bonds. The fraction of sp³-hybridized carbons (Fsp3) is 0.417. The fourth-order valence-corrected chi connectivity index (χ4v) is 3.12. The van der Waals surface area contributed by atoms with Crippen molar-refractivity contribution in [1.29, 1.82) is 0 Å². The van der Waals surface area contributed by atoms with Gasteiger partial charge in [0, 0.05) is 24.6 Å². The van der Waals surface area contributed by atoms with Gasteiger partial charge in [0.15, 0.2) is 0 Å². The Bertz CT molecular complexity index is 519. The van der Waals surface area contributed by atoms with Gasteiger partial charge < -0.3 is 10.3 Å². The van der Waals surface area contributed by atoms with E-state index in [0.29, 0.717) is 14.7 Å². The SMILES string of the molecule is CC(C)NCCc1ncc(-c2cc(Cl)sc2Cl)[nH]1. The second kappa shape index (κ2) is 6.06. The zero-order valence-electron chi connectivity index (χ0n) is 10.3. The average Bonchev–Trinajstić information content (AvgIpc) is 2.85. The third-order valence-electron chi connectivity index (χ3n) is 2.49. The maximum absolute atomic E-state index is 6.11. The van der Waals surface area contributed by atoms with Crippen molar-refractivity contribution in [2.75, 3.05) is 6.54 Å². The molecule has 0 saturated heterocycles. The van der Waals surface area contributed by atoms with Gasteiger partial charge in [0.05, 0.1) is 16.2 Å². The van der Waals surface area contributed by atoms with Gasteiger partial charge in [-0.2, -0.15) is 0 Å². The minimum absolute atomic E-state index is 0.490. The molecule has 2 rings (SSSR count). The molecule has 0 aliphatic carbocycles. The highest BCUT2D eigenvalue weighted by molar-refractivity contribution is 7.20. The second-order valence-corrected chi connectivity index (χ2v) is 6.63. The first kappa shape index (κ1) is 13.9. The van der Waals surface area contributed by atoms with E-state index in [1.54, 1.807) is 6.20 Å². The lowest BCUT2D eigenvalue weighted by Gasteiger charge is -2.05. The number of halogens is 2. The summed E-state index contributed by atoms with van der Waals surface area (Å²) in [7, 11) is 0. The number of aromatic nitrogens is 2. The number of rotatable bonds is 5. The van der Waals surface area contributed by atoms with E-state index in [2.05, 4.69) is 29.1 Å². The van der Waals surface area contributed by atoms with Crippen molar-refractivity contribution in [3.63, 3.8) is 0 Å². The third-order valence-corrected chi connectivity index (χ3v) is 3.98. The predicted octanol–water partition coefficient (Wildman–Crippen LogP) is 3.99. The molecule has 98 valence electrons. The van der Waals surface area contributed by atoms with Gasteiger partial charge in [0.25, 0.3) is 0 Å². The van der Waals surface area contributed by atoms with Gasteiger partial charge in [-0.05, 0) is 6.07 Å². The molecule has 0 aliphatic rings. The van der Waals surface area contributed by atoms with E-state index in [1.165, 1.54) is 11.3 Å². The maximum atomic E-state index is 6.11. The van der Waals surface area contributed by atoms with Crippen LogP contribution in [0, 0.1) is 0 Å². The van der Waals surface area contributed by atoms with Crippen molar-refractivity contribution in [3.8, 4) is 11.3 Å². The number of hydrogen-bond donors (Lipinski definition) is 2. The monoisotopic (exact) mass is 303 g/mol. The summed E-state index contributed by atoms with van der Waals surface area (Å²) in [5.74, 6) is 0.955. The molecule has 0 spiro atoms. The summed E-state index contributed by atoms with van der Waals surface area (Å²) in [5.41, 5.74) is 1.84. The Morgan fingerprint density at radius 2 is 2.22 bits per heavy atom. The van der Waals surface area contributed by atoms with Crippen LogP contribution in [0.3, 0.4) is 0 Å². The van der Waals surface area contributed by atoms with E-state index in [1.807, 2.05) is 6.07 Å². The summed E-state index contributed by atoms with van der Waals surface area (Å²) in [6, 6.07) is 2.35. The third kappa shape index (κ3) is 3.48. The van der Waals surface area contributed by atoms with Crippen molar-refractivity contribution in [3.05, 3.63) is 26.8 Å². The van der Waals surface area contributed by atoms with E-state index in [9.17, 15) is 0 Å². The van der Waals surface area contributed by atoms with Crippen LogP contribution < -0.4 is 5.32 Å². The highest BCUT2D eigenvalue weighted by Crippen LogP contribution is 2.37. The molecule has 0 aromatic carbocycles. The van der Waals surface area contributed by atoms with Gasteiger partial charge >= 0.3 is 0 Å². The van der Waals surface area contributed by atoms with Crippen LogP contribution in [0.25, 0.3) is 11.3 Å². The minimum atomic E-state index is 0.490. The van der Waals surface area contributed by atoms with E-state index in [0.717, 1.165) is 30.0 Å². The lowest BCUT2D eigenvalue weighted by molar-refractivity contribution is 0.584. The van der Waals surface area contributed by atoms with Crippen LogP contribution in [-0.2, 0) is 6.42 Å². The van der Waals surface area contributed by atoms with Crippen LogP contribution in [0.5, 0.6) is 0 Å². The molecule has 6 heteroatoms. The predicted molar refractivity (Wildman–Crippen MR) is 78.8 cm³/mol. The van der Waals surface area contributed by atoms with Gasteiger partial charge in [0.2, 0.25) is 0 Å². The summed E-state index contributed by atoms with van der Waals surface area (Å²) in [5, 5.41) is 3.35. The Labute approximate surface area is 121 Å². The molecule has 2 N–H and O–H groups in total. The summed E-state index contributed by atoms with van der Waals surface area (Å²) >= 11 is 13.4. The van der Waals surface area contributed by atoms with Crippen molar-refractivity contribution in [2.45, 2.75) is 26.3 Å². The quantitative estimate of drug-likeness (QED) is 0.877. The Morgan fingerprint density at radius 1 is 1.44 bits per heavy atom. The Hall–Kier alpha value is -0.550. The van der Waals surface area contributed by atoms with E-state index in [-0.39, 0.29) is 0 Å². The van der Waals surface area contributed by atoms with Crippen LogP contribution in [-0.4, -0.2) is 22.6 Å². The number of H-pyrrole nitrogens is 1. The van der Waals surface area contributed by atoms with Gasteiger partial charge in [-0.25, -0.2) is 4.98 Å². The molecule has 2 aromatic rings. The minimum Gasteiger partial charge on any atom is -0.342 e. The van der Waals surface area contributed by atoms with Crippen LogP contribution in [0.2, 0.25) is 8.67 Å². The van der Waals surface area contributed by atoms with Gasteiger partial charge in [-0.3, -0.25) is 0 Å². The Kier molecular flexibility index (Phi) is 4.67. The lowest BCUT2D eigenvalue weighted by atomic mass is 10.3. The smallest absolute Gasteiger partial charge is 0.107 e. The number of nitrogens with zero attached hydrogens (tertiary/aromatic N) is 1. The molecule has 3 nitrogen and oxygen atoms in total. The molecule has 0 saturated carbocycles. The number of thiophene rings is 1. The number of aromatic amines is 1. The normalized spacial score (nSPS) is 11.4. The molecule has 0 unspecified atom stereocenters. The molecule has 2 aromatic heterocycles. The zero-order chi connectivity index (χ0) is 13.1. The zero-order valence-corrected chi connectivity index (χ0v) is 12.6. The molecular weight excluding hydrogens is 289 g/mol. The molecule has 0 atom stereocenters. The maximum Gasteiger partial charge on any atom is 0.107 e. The van der Waals surface area contributed by atoms with E-state index >= 15 is 0 Å². The lowest BCUT2D eigenvalue weighted by Crippen LogP contribution is -2.25. The first-order valence-corrected chi connectivity index (χ1v) is 7.36. The van der Waals surface area contributed by atoms with Crippen molar-refractivity contribution in [2.24, 2.45) is 0 Å². The summed E-state index contributed by atoms with van der Waals surface area (Å²) < 4.78 is 1.38. The van der Waals surface area contributed by atoms with Gasteiger partial charge in [0.1, 0.15) is 10.2 Å². The highest BCUT2D eigenvalue weighted by Gasteiger charge is 2.10. The number of imidazole rings is 1. The molecule has 0 radical (unpaired) electrons. The van der Waals surface area contributed by atoms with Crippen LogP contribution in [0.1, 0.15) is 19.7 Å². The summed E-state index contributed by atoms with van der Waals surface area (Å²) in [6.45, 7) is 5.16. The molecule has 0 fully saturated rings. The Morgan fingerprint density at radius 3 is 2.83 bits per heavy atom. The highest BCUT2D eigenvalue weighted by atomic mass is 35.5. The van der Waals surface area contributed by atoms with Crippen LogP contribution >= 0.6 is 34.5 Å². The van der Waals surface area contributed by atoms with Crippen molar-refractivity contribution in [1.82, 2.24) is 15.3 Å². The second-order valence-electron chi connectivity index (χ2n) is 4.34. The molecular formula is C12H15Cl2N3S. The molecule has 0 aliphatic heterocycles. The average molecular weight is 304 g/mol. The summed E-state index contributed by atoms with van der Waals surface area (Å²) in [6.07, 6.45) is 2.67. The van der Waals surface area contributed by atoms with Crippen molar-refractivity contribution >= 4 is 34.5 Å². The number of nitrogens with one attached hydrogen (secondary N) is 2. The molecule has 0 bridgehead atoms. The van der Waals surface area contributed by atoms with Gasteiger partial charge in [-0.1, -0.05) is 37.0 Å². The first-order chi connectivity index (χ1) is 8.56.